The van der Waals surface area contributed by atoms with Crippen LogP contribution in [0.15, 0.2) is 22.7 Å². The number of ether oxygens (including phenoxy) is 1. The van der Waals surface area contributed by atoms with Gasteiger partial charge in [-0.05, 0) is 38.0 Å². The van der Waals surface area contributed by atoms with Crippen LogP contribution in [-0.4, -0.2) is 18.1 Å². The molecule has 0 aromatic heterocycles. The maximum atomic E-state index is 13.5. The lowest BCUT2D eigenvalue weighted by Crippen LogP contribution is -2.42. The largest absolute Gasteiger partial charge is 0.478 e. The van der Waals surface area contributed by atoms with Crippen LogP contribution in [0, 0.1) is 5.82 Å². The minimum Gasteiger partial charge on any atom is -0.478 e. The first kappa shape index (κ1) is 16.0. The lowest BCUT2D eigenvalue weighted by Gasteiger charge is -2.19. The molecule has 5 heteroatoms. The van der Waals surface area contributed by atoms with Gasteiger partial charge in [0.15, 0.2) is 17.7 Å². The second kappa shape index (κ2) is 7.48. The molecule has 0 aliphatic rings. The van der Waals surface area contributed by atoms with Gasteiger partial charge in [-0.25, -0.2) is 4.39 Å². The van der Waals surface area contributed by atoms with Crippen molar-refractivity contribution in [3.05, 3.63) is 28.5 Å². The van der Waals surface area contributed by atoms with Crippen molar-refractivity contribution in [3.8, 4) is 5.75 Å². The van der Waals surface area contributed by atoms with Crippen LogP contribution in [0.3, 0.4) is 0 Å². The van der Waals surface area contributed by atoms with E-state index < -0.39 is 11.9 Å². The molecular formula is C14H19BrFNO2. The number of rotatable bonds is 6. The Morgan fingerprint density at radius 2 is 2.05 bits per heavy atom. The van der Waals surface area contributed by atoms with Crippen LogP contribution in [-0.2, 0) is 4.79 Å². The third kappa shape index (κ3) is 4.82. The van der Waals surface area contributed by atoms with Gasteiger partial charge in [0.1, 0.15) is 0 Å². The number of carbonyl (C=O) groups is 1. The van der Waals surface area contributed by atoms with Gasteiger partial charge in [0.25, 0.3) is 5.91 Å². The van der Waals surface area contributed by atoms with E-state index >= 15 is 0 Å². The van der Waals surface area contributed by atoms with Gasteiger partial charge in [-0.15, -0.1) is 0 Å². The van der Waals surface area contributed by atoms with Crippen molar-refractivity contribution in [1.29, 1.82) is 0 Å². The summed E-state index contributed by atoms with van der Waals surface area (Å²) in [5, 5.41) is 2.87. The van der Waals surface area contributed by atoms with Gasteiger partial charge in [-0.3, -0.25) is 4.79 Å². The first-order valence-electron chi connectivity index (χ1n) is 6.40. The SMILES string of the molecule is CCC(CC)NC(=O)C(C)Oc1cc(Br)ccc1F. The standard InChI is InChI=1S/C14H19BrFNO2/c1-4-11(5-2)17-14(18)9(3)19-13-8-10(15)6-7-12(13)16/h6-9,11H,4-5H2,1-3H3,(H,17,18). The molecule has 0 radical (unpaired) electrons. The highest BCUT2D eigenvalue weighted by molar-refractivity contribution is 9.10. The molecule has 0 bridgehead atoms. The average molecular weight is 332 g/mol. The fraction of sp³-hybridized carbons (Fsp3) is 0.500. The minimum atomic E-state index is -0.732. The summed E-state index contributed by atoms with van der Waals surface area (Å²) in [5.74, 6) is -0.639. The molecular weight excluding hydrogens is 313 g/mol. The van der Waals surface area contributed by atoms with Gasteiger partial charge in [0, 0.05) is 10.5 Å². The highest BCUT2D eigenvalue weighted by Crippen LogP contribution is 2.23. The van der Waals surface area contributed by atoms with Gasteiger partial charge < -0.3 is 10.1 Å². The molecule has 106 valence electrons. The topological polar surface area (TPSA) is 38.3 Å². The van der Waals surface area contributed by atoms with Gasteiger partial charge >= 0.3 is 0 Å². The van der Waals surface area contributed by atoms with Crippen molar-refractivity contribution in [2.24, 2.45) is 0 Å². The molecule has 0 heterocycles. The third-order valence-electron chi connectivity index (χ3n) is 2.90. The van der Waals surface area contributed by atoms with Crippen LogP contribution in [0.4, 0.5) is 4.39 Å². The lowest BCUT2D eigenvalue weighted by molar-refractivity contribution is -0.128. The number of nitrogens with one attached hydrogen (secondary N) is 1. The number of halogens is 2. The van der Waals surface area contributed by atoms with E-state index in [1.807, 2.05) is 13.8 Å². The maximum Gasteiger partial charge on any atom is 0.260 e. The fourth-order valence-electron chi connectivity index (χ4n) is 1.62. The van der Waals surface area contributed by atoms with Crippen LogP contribution in [0.25, 0.3) is 0 Å². The van der Waals surface area contributed by atoms with Crippen molar-refractivity contribution in [3.63, 3.8) is 0 Å². The molecule has 1 aromatic carbocycles. The van der Waals surface area contributed by atoms with Crippen LogP contribution in [0.2, 0.25) is 0 Å². The molecule has 0 spiro atoms. The zero-order valence-corrected chi connectivity index (χ0v) is 13.0. The molecule has 0 saturated heterocycles. The van der Waals surface area contributed by atoms with Gasteiger partial charge in [0.05, 0.1) is 0 Å². The van der Waals surface area contributed by atoms with Crippen LogP contribution in [0.1, 0.15) is 33.6 Å². The second-order valence-corrected chi connectivity index (χ2v) is 5.27. The Bertz CT molecular complexity index is 435. The van der Waals surface area contributed by atoms with E-state index in [2.05, 4.69) is 21.2 Å². The quantitative estimate of drug-likeness (QED) is 0.863. The lowest BCUT2D eigenvalue weighted by atomic mass is 10.1. The molecule has 1 amide bonds. The molecule has 0 saturated carbocycles. The normalized spacial score (nSPS) is 12.3. The van der Waals surface area contributed by atoms with Crippen molar-refractivity contribution < 1.29 is 13.9 Å². The number of hydrogen-bond donors (Lipinski definition) is 1. The Morgan fingerprint density at radius 1 is 1.42 bits per heavy atom. The Labute approximate surface area is 121 Å². The molecule has 1 N–H and O–H groups in total. The van der Waals surface area contributed by atoms with E-state index in [1.54, 1.807) is 13.0 Å². The summed E-state index contributed by atoms with van der Waals surface area (Å²) in [7, 11) is 0. The van der Waals surface area contributed by atoms with Crippen molar-refractivity contribution >= 4 is 21.8 Å². The Kier molecular flexibility index (Phi) is 6.28. The molecule has 3 nitrogen and oxygen atoms in total. The first-order valence-corrected chi connectivity index (χ1v) is 7.19. The molecule has 1 aromatic rings. The van der Waals surface area contributed by atoms with Crippen LogP contribution < -0.4 is 10.1 Å². The minimum absolute atomic E-state index is 0.0709. The van der Waals surface area contributed by atoms with Crippen molar-refractivity contribution in [2.75, 3.05) is 0 Å². The Balaban J connectivity index is 2.65. The molecule has 19 heavy (non-hydrogen) atoms. The van der Waals surface area contributed by atoms with E-state index in [9.17, 15) is 9.18 Å². The summed E-state index contributed by atoms with van der Waals surface area (Å²) in [4.78, 5) is 11.9. The Hall–Kier alpha value is -1.10. The maximum absolute atomic E-state index is 13.5. The smallest absolute Gasteiger partial charge is 0.260 e. The third-order valence-corrected chi connectivity index (χ3v) is 3.39. The van der Waals surface area contributed by atoms with E-state index in [0.717, 1.165) is 12.8 Å². The van der Waals surface area contributed by atoms with E-state index in [4.69, 9.17) is 4.74 Å². The highest BCUT2D eigenvalue weighted by Gasteiger charge is 2.18. The molecule has 1 unspecified atom stereocenters. The summed E-state index contributed by atoms with van der Waals surface area (Å²) in [5.41, 5.74) is 0. The Morgan fingerprint density at radius 3 is 2.63 bits per heavy atom. The van der Waals surface area contributed by atoms with Crippen LogP contribution >= 0.6 is 15.9 Å². The molecule has 1 rings (SSSR count). The zero-order chi connectivity index (χ0) is 14.4. The van der Waals surface area contributed by atoms with Crippen molar-refractivity contribution in [2.45, 2.75) is 45.8 Å². The summed E-state index contributed by atoms with van der Waals surface area (Å²) < 4.78 is 19.6. The van der Waals surface area contributed by atoms with E-state index in [1.165, 1.54) is 12.1 Å². The van der Waals surface area contributed by atoms with E-state index in [0.29, 0.717) is 4.47 Å². The van der Waals surface area contributed by atoms with Gasteiger partial charge in [-0.1, -0.05) is 29.8 Å². The average Bonchev–Trinajstić information content (AvgIpc) is 2.39. The summed E-state index contributed by atoms with van der Waals surface area (Å²) >= 11 is 3.24. The zero-order valence-electron chi connectivity index (χ0n) is 11.4. The van der Waals surface area contributed by atoms with Crippen molar-refractivity contribution in [1.82, 2.24) is 5.32 Å². The molecule has 0 aliphatic heterocycles. The van der Waals surface area contributed by atoms with Gasteiger partial charge in [0.2, 0.25) is 0 Å². The van der Waals surface area contributed by atoms with Crippen LogP contribution in [0.5, 0.6) is 5.75 Å². The monoisotopic (exact) mass is 331 g/mol. The number of hydrogen-bond acceptors (Lipinski definition) is 2. The molecule has 0 fully saturated rings. The second-order valence-electron chi connectivity index (χ2n) is 4.36. The predicted molar refractivity (Wildman–Crippen MR) is 76.7 cm³/mol. The first-order chi connectivity index (χ1) is 8.97. The number of carbonyl (C=O) groups excluding carboxylic acids is 1. The molecule has 1 atom stereocenters. The molecule has 0 aliphatic carbocycles. The summed E-state index contributed by atoms with van der Waals surface area (Å²) in [6, 6.07) is 4.52. The van der Waals surface area contributed by atoms with E-state index in [-0.39, 0.29) is 17.7 Å². The summed E-state index contributed by atoms with van der Waals surface area (Å²) in [6.45, 7) is 5.62. The number of amides is 1. The summed E-state index contributed by atoms with van der Waals surface area (Å²) in [6.07, 6.45) is 0.991. The number of benzene rings is 1. The fourth-order valence-corrected chi connectivity index (χ4v) is 1.96. The van der Waals surface area contributed by atoms with Gasteiger partial charge in [-0.2, -0.15) is 0 Å². The highest BCUT2D eigenvalue weighted by atomic mass is 79.9. The predicted octanol–water partition coefficient (Wildman–Crippen LogP) is 3.66.